The van der Waals surface area contributed by atoms with Gasteiger partial charge in [0.1, 0.15) is 0 Å². The average Bonchev–Trinajstić information content (AvgIpc) is 3.13. The second-order valence-corrected chi connectivity index (χ2v) is 7.20. The SMILES string of the molecule is CN=C(NCc1ccc(N2CCSCC2)cc1)NC1CC=CC1. The third-order valence-electron chi connectivity index (χ3n) is 4.34. The molecule has 1 saturated heterocycles. The first-order chi connectivity index (χ1) is 11.3. The van der Waals surface area contributed by atoms with Gasteiger partial charge in [0.15, 0.2) is 5.96 Å². The van der Waals surface area contributed by atoms with E-state index in [0.717, 1.165) is 38.4 Å². The molecular formula is C18H26N4S. The summed E-state index contributed by atoms with van der Waals surface area (Å²) < 4.78 is 0. The van der Waals surface area contributed by atoms with Crippen LogP contribution in [0.25, 0.3) is 0 Å². The summed E-state index contributed by atoms with van der Waals surface area (Å²) in [7, 11) is 1.83. The van der Waals surface area contributed by atoms with Gasteiger partial charge in [0.2, 0.25) is 0 Å². The molecule has 0 amide bonds. The molecule has 124 valence electrons. The monoisotopic (exact) mass is 330 g/mol. The van der Waals surface area contributed by atoms with Crippen LogP contribution in [0.1, 0.15) is 18.4 Å². The minimum atomic E-state index is 0.487. The molecule has 0 atom stereocenters. The van der Waals surface area contributed by atoms with Gasteiger partial charge in [-0.25, -0.2) is 0 Å². The van der Waals surface area contributed by atoms with Crippen molar-refractivity contribution in [1.29, 1.82) is 0 Å². The minimum Gasteiger partial charge on any atom is -0.370 e. The van der Waals surface area contributed by atoms with Gasteiger partial charge in [0.25, 0.3) is 0 Å². The van der Waals surface area contributed by atoms with Gasteiger partial charge in [-0.3, -0.25) is 4.99 Å². The Bertz CT molecular complexity index is 539. The van der Waals surface area contributed by atoms with Crippen molar-refractivity contribution in [2.24, 2.45) is 4.99 Å². The van der Waals surface area contributed by atoms with Gasteiger partial charge < -0.3 is 15.5 Å². The van der Waals surface area contributed by atoms with Crippen molar-refractivity contribution in [3.63, 3.8) is 0 Å². The lowest BCUT2D eigenvalue weighted by atomic mass is 10.2. The number of hydrogen-bond acceptors (Lipinski definition) is 3. The first-order valence-corrected chi connectivity index (χ1v) is 9.54. The molecule has 23 heavy (non-hydrogen) atoms. The lowest BCUT2D eigenvalue weighted by Crippen LogP contribution is -2.42. The summed E-state index contributed by atoms with van der Waals surface area (Å²) in [5.41, 5.74) is 2.63. The first-order valence-electron chi connectivity index (χ1n) is 8.39. The molecule has 0 aromatic heterocycles. The first kappa shape index (κ1) is 16.2. The number of anilines is 1. The quantitative estimate of drug-likeness (QED) is 0.506. The third-order valence-corrected chi connectivity index (χ3v) is 5.29. The van der Waals surface area contributed by atoms with E-state index in [1.807, 2.05) is 18.8 Å². The Hall–Kier alpha value is -1.62. The Morgan fingerprint density at radius 2 is 1.87 bits per heavy atom. The molecule has 0 bridgehead atoms. The van der Waals surface area contributed by atoms with Crippen LogP contribution in [-0.4, -0.2) is 43.6 Å². The lowest BCUT2D eigenvalue weighted by molar-refractivity contribution is 0.633. The van der Waals surface area contributed by atoms with Crippen molar-refractivity contribution in [2.45, 2.75) is 25.4 Å². The maximum absolute atomic E-state index is 4.31. The zero-order chi connectivity index (χ0) is 15.9. The van der Waals surface area contributed by atoms with Crippen LogP contribution < -0.4 is 15.5 Å². The summed E-state index contributed by atoms with van der Waals surface area (Å²) in [6, 6.07) is 9.40. The van der Waals surface area contributed by atoms with Gasteiger partial charge in [-0.05, 0) is 30.5 Å². The van der Waals surface area contributed by atoms with Crippen LogP contribution in [0.15, 0.2) is 41.4 Å². The van der Waals surface area contributed by atoms with Crippen molar-refractivity contribution < 1.29 is 0 Å². The molecule has 1 aliphatic heterocycles. The van der Waals surface area contributed by atoms with E-state index in [2.05, 4.69) is 56.9 Å². The molecule has 0 saturated carbocycles. The van der Waals surface area contributed by atoms with E-state index in [1.165, 1.54) is 22.8 Å². The minimum absolute atomic E-state index is 0.487. The fourth-order valence-corrected chi connectivity index (χ4v) is 3.86. The molecule has 1 aliphatic carbocycles. The van der Waals surface area contributed by atoms with Crippen LogP contribution in [0.3, 0.4) is 0 Å². The lowest BCUT2D eigenvalue weighted by Gasteiger charge is -2.28. The zero-order valence-corrected chi connectivity index (χ0v) is 14.6. The molecule has 1 heterocycles. The second kappa shape index (κ2) is 8.29. The highest BCUT2D eigenvalue weighted by Crippen LogP contribution is 2.19. The Balaban J connectivity index is 1.49. The molecule has 0 radical (unpaired) electrons. The maximum atomic E-state index is 4.31. The Morgan fingerprint density at radius 1 is 1.17 bits per heavy atom. The van der Waals surface area contributed by atoms with E-state index in [4.69, 9.17) is 0 Å². The molecule has 1 aromatic carbocycles. The van der Waals surface area contributed by atoms with Crippen LogP contribution >= 0.6 is 11.8 Å². The zero-order valence-electron chi connectivity index (χ0n) is 13.8. The molecule has 2 aliphatic rings. The summed E-state index contributed by atoms with van der Waals surface area (Å²) in [5, 5.41) is 6.87. The molecular weight excluding hydrogens is 304 g/mol. The Kier molecular flexibility index (Phi) is 5.86. The van der Waals surface area contributed by atoms with Gasteiger partial charge in [-0.1, -0.05) is 24.3 Å². The average molecular weight is 331 g/mol. The summed E-state index contributed by atoms with van der Waals surface area (Å²) in [5.74, 6) is 3.36. The van der Waals surface area contributed by atoms with Crippen LogP contribution in [-0.2, 0) is 6.54 Å². The Morgan fingerprint density at radius 3 is 2.52 bits per heavy atom. The topological polar surface area (TPSA) is 39.7 Å². The van der Waals surface area contributed by atoms with E-state index in [9.17, 15) is 0 Å². The number of nitrogens with zero attached hydrogens (tertiary/aromatic N) is 2. The molecule has 4 nitrogen and oxygen atoms in total. The van der Waals surface area contributed by atoms with Gasteiger partial charge in [0.05, 0.1) is 0 Å². The number of thioether (sulfide) groups is 1. The smallest absolute Gasteiger partial charge is 0.191 e. The molecule has 1 aromatic rings. The summed E-state index contributed by atoms with van der Waals surface area (Å²) in [6.45, 7) is 3.12. The van der Waals surface area contributed by atoms with Crippen molar-refractivity contribution in [3.8, 4) is 0 Å². The number of hydrogen-bond donors (Lipinski definition) is 2. The van der Waals surface area contributed by atoms with Crippen molar-refractivity contribution in [2.75, 3.05) is 36.5 Å². The molecule has 3 rings (SSSR count). The summed E-state index contributed by atoms with van der Waals surface area (Å²) in [4.78, 5) is 6.79. The molecule has 2 N–H and O–H groups in total. The van der Waals surface area contributed by atoms with Crippen LogP contribution in [0.2, 0.25) is 0 Å². The van der Waals surface area contributed by atoms with E-state index >= 15 is 0 Å². The van der Waals surface area contributed by atoms with Crippen molar-refractivity contribution >= 4 is 23.4 Å². The van der Waals surface area contributed by atoms with Crippen LogP contribution in [0, 0.1) is 0 Å². The predicted octanol–water partition coefficient (Wildman–Crippen LogP) is 2.62. The van der Waals surface area contributed by atoms with E-state index in [1.54, 1.807) is 0 Å². The normalized spacial score (nSPS) is 19.2. The predicted molar refractivity (Wildman–Crippen MR) is 101 cm³/mol. The number of aliphatic imine (C=N–C) groups is 1. The van der Waals surface area contributed by atoms with Gasteiger partial charge >= 0.3 is 0 Å². The largest absolute Gasteiger partial charge is 0.370 e. The number of nitrogens with one attached hydrogen (secondary N) is 2. The highest BCUT2D eigenvalue weighted by Gasteiger charge is 2.12. The second-order valence-electron chi connectivity index (χ2n) is 5.98. The van der Waals surface area contributed by atoms with E-state index in [0.29, 0.717) is 6.04 Å². The van der Waals surface area contributed by atoms with E-state index < -0.39 is 0 Å². The molecule has 0 spiro atoms. The van der Waals surface area contributed by atoms with Crippen LogP contribution in [0.4, 0.5) is 5.69 Å². The highest BCUT2D eigenvalue weighted by atomic mass is 32.2. The van der Waals surface area contributed by atoms with Gasteiger partial charge in [-0.15, -0.1) is 0 Å². The van der Waals surface area contributed by atoms with Crippen molar-refractivity contribution in [3.05, 3.63) is 42.0 Å². The highest BCUT2D eigenvalue weighted by molar-refractivity contribution is 7.99. The van der Waals surface area contributed by atoms with E-state index in [-0.39, 0.29) is 0 Å². The van der Waals surface area contributed by atoms with Crippen LogP contribution in [0.5, 0.6) is 0 Å². The number of benzene rings is 1. The van der Waals surface area contributed by atoms with Gasteiger partial charge in [0, 0.05) is 49.9 Å². The van der Waals surface area contributed by atoms with Crippen molar-refractivity contribution in [1.82, 2.24) is 10.6 Å². The summed E-state index contributed by atoms with van der Waals surface area (Å²) >= 11 is 2.05. The fourth-order valence-electron chi connectivity index (χ4n) is 2.95. The molecule has 5 heteroatoms. The number of guanidine groups is 1. The van der Waals surface area contributed by atoms with Gasteiger partial charge in [-0.2, -0.15) is 11.8 Å². The third kappa shape index (κ3) is 4.67. The molecule has 1 fully saturated rings. The standard InChI is InChI=1S/C18H26N4S/c1-19-18(21-16-4-2-3-5-16)20-14-15-6-8-17(9-7-15)22-10-12-23-13-11-22/h2-3,6-9,16H,4-5,10-14H2,1H3,(H2,19,20,21). The summed E-state index contributed by atoms with van der Waals surface area (Å²) in [6.07, 6.45) is 6.62. The Labute approximate surface area is 143 Å². The fraction of sp³-hybridized carbons (Fsp3) is 0.500. The number of rotatable bonds is 4. The maximum Gasteiger partial charge on any atom is 0.191 e. The molecule has 0 unspecified atom stereocenters.